The number of halogens is 1. The van der Waals surface area contributed by atoms with Crippen LogP contribution in [-0.4, -0.2) is 16.2 Å². The molecule has 0 saturated carbocycles. The van der Waals surface area contributed by atoms with E-state index in [-0.39, 0.29) is 12.3 Å². The predicted octanol–water partition coefficient (Wildman–Crippen LogP) is 4.09. The maximum Gasteiger partial charge on any atom is 0.359 e. The number of hydrogen-bond acceptors (Lipinski definition) is 3. The minimum Gasteiger partial charge on any atom is -0.456 e. The molecular formula is C17H13ClN2O2. The van der Waals surface area contributed by atoms with Crippen molar-refractivity contribution in [2.75, 3.05) is 0 Å². The summed E-state index contributed by atoms with van der Waals surface area (Å²) in [6, 6.07) is 18.6. The number of H-pyrrole nitrogens is 1. The van der Waals surface area contributed by atoms with E-state index in [1.165, 1.54) is 0 Å². The molecule has 110 valence electrons. The van der Waals surface area contributed by atoms with E-state index in [4.69, 9.17) is 16.3 Å². The summed E-state index contributed by atoms with van der Waals surface area (Å²) in [4.78, 5) is 12.0. The van der Waals surface area contributed by atoms with Gasteiger partial charge in [-0.1, -0.05) is 60.1 Å². The van der Waals surface area contributed by atoms with Crippen LogP contribution in [0.5, 0.6) is 0 Å². The Kier molecular flexibility index (Phi) is 4.21. The molecule has 0 aliphatic carbocycles. The molecule has 0 radical (unpaired) electrons. The Bertz CT molecular complexity index is 784. The van der Waals surface area contributed by atoms with Gasteiger partial charge in [0.1, 0.15) is 6.61 Å². The SMILES string of the molecule is O=C(OCc1ccccc1Cl)c1cc(-c2ccccc2)[nH]n1. The van der Waals surface area contributed by atoms with Gasteiger partial charge in [-0.2, -0.15) is 5.10 Å². The zero-order valence-electron chi connectivity index (χ0n) is 11.6. The molecule has 0 bridgehead atoms. The fourth-order valence-corrected chi connectivity index (χ4v) is 2.21. The first kappa shape index (κ1) is 14.4. The fourth-order valence-electron chi connectivity index (χ4n) is 2.02. The van der Waals surface area contributed by atoms with E-state index in [0.29, 0.717) is 5.02 Å². The lowest BCUT2D eigenvalue weighted by atomic mass is 10.1. The molecule has 5 heteroatoms. The summed E-state index contributed by atoms with van der Waals surface area (Å²) in [5.74, 6) is -0.488. The number of aromatic amines is 1. The number of esters is 1. The van der Waals surface area contributed by atoms with Crippen molar-refractivity contribution in [2.24, 2.45) is 0 Å². The molecule has 3 aromatic rings. The summed E-state index contributed by atoms with van der Waals surface area (Å²) < 4.78 is 5.24. The summed E-state index contributed by atoms with van der Waals surface area (Å²) >= 11 is 6.02. The molecule has 0 aliphatic rings. The van der Waals surface area contributed by atoms with Crippen LogP contribution in [0.15, 0.2) is 60.7 Å². The van der Waals surface area contributed by atoms with Crippen LogP contribution in [0, 0.1) is 0 Å². The first-order chi connectivity index (χ1) is 10.7. The number of rotatable bonds is 4. The quantitative estimate of drug-likeness (QED) is 0.738. The lowest BCUT2D eigenvalue weighted by Gasteiger charge is -2.04. The summed E-state index contributed by atoms with van der Waals surface area (Å²) in [5.41, 5.74) is 2.73. The molecule has 0 spiro atoms. The van der Waals surface area contributed by atoms with E-state index < -0.39 is 5.97 Å². The van der Waals surface area contributed by atoms with E-state index in [2.05, 4.69) is 10.2 Å². The molecule has 22 heavy (non-hydrogen) atoms. The largest absolute Gasteiger partial charge is 0.456 e. The first-order valence-electron chi connectivity index (χ1n) is 6.75. The Balaban J connectivity index is 1.69. The molecule has 2 aromatic carbocycles. The van der Waals surface area contributed by atoms with Crippen molar-refractivity contribution in [1.82, 2.24) is 10.2 Å². The number of nitrogens with one attached hydrogen (secondary N) is 1. The van der Waals surface area contributed by atoms with Crippen LogP contribution in [0.4, 0.5) is 0 Å². The van der Waals surface area contributed by atoms with E-state index in [1.807, 2.05) is 48.5 Å². The lowest BCUT2D eigenvalue weighted by molar-refractivity contribution is 0.0466. The van der Waals surface area contributed by atoms with Gasteiger partial charge >= 0.3 is 5.97 Å². The van der Waals surface area contributed by atoms with Gasteiger partial charge in [0.2, 0.25) is 0 Å². The number of nitrogens with zero attached hydrogens (tertiary/aromatic N) is 1. The Labute approximate surface area is 132 Å². The first-order valence-corrected chi connectivity index (χ1v) is 7.13. The second-order valence-corrected chi connectivity index (χ2v) is 5.11. The van der Waals surface area contributed by atoms with Crippen molar-refractivity contribution >= 4 is 17.6 Å². The van der Waals surface area contributed by atoms with Crippen LogP contribution in [0.1, 0.15) is 16.1 Å². The highest BCUT2D eigenvalue weighted by Crippen LogP contribution is 2.19. The highest BCUT2D eigenvalue weighted by molar-refractivity contribution is 6.31. The van der Waals surface area contributed by atoms with Crippen molar-refractivity contribution in [3.8, 4) is 11.3 Å². The average Bonchev–Trinajstić information content (AvgIpc) is 3.05. The molecule has 0 amide bonds. The summed E-state index contributed by atoms with van der Waals surface area (Å²) in [6.07, 6.45) is 0. The molecule has 0 fully saturated rings. The minimum atomic E-state index is -0.488. The molecular weight excluding hydrogens is 300 g/mol. The molecule has 0 atom stereocenters. The monoisotopic (exact) mass is 312 g/mol. The van der Waals surface area contributed by atoms with Crippen molar-refractivity contribution in [3.63, 3.8) is 0 Å². The number of aromatic nitrogens is 2. The lowest BCUT2D eigenvalue weighted by Crippen LogP contribution is -2.05. The van der Waals surface area contributed by atoms with Crippen LogP contribution in [-0.2, 0) is 11.3 Å². The standard InChI is InChI=1S/C17H13ClN2O2/c18-14-9-5-4-8-13(14)11-22-17(21)16-10-15(19-20-16)12-6-2-1-3-7-12/h1-10H,11H2,(H,19,20). The smallest absolute Gasteiger partial charge is 0.359 e. The average molecular weight is 313 g/mol. The van der Waals surface area contributed by atoms with E-state index >= 15 is 0 Å². The Morgan fingerprint density at radius 3 is 2.59 bits per heavy atom. The van der Waals surface area contributed by atoms with Gasteiger partial charge in [0.05, 0.1) is 5.69 Å². The molecule has 1 aromatic heterocycles. The molecule has 0 saturated heterocycles. The van der Waals surface area contributed by atoms with Crippen LogP contribution in [0.3, 0.4) is 0 Å². The molecule has 3 rings (SSSR count). The number of ether oxygens (including phenoxy) is 1. The van der Waals surface area contributed by atoms with Crippen LogP contribution in [0.2, 0.25) is 5.02 Å². The van der Waals surface area contributed by atoms with E-state index in [9.17, 15) is 4.79 Å². The normalized spacial score (nSPS) is 10.4. The number of hydrogen-bond donors (Lipinski definition) is 1. The van der Waals surface area contributed by atoms with Crippen molar-refractivity contribution in [2.45, 2.75) is 6.61 Å². The van der Waals surface area contributed by atoms with Gasteiger partial charge in [-0.3, -0.25) is 5.10 Å². The summed E-state index contributed by atoms with van der Waals surface area (Å²) in [6.45, 7) is 0.117. The number of carbonyl (C=O) groups is 1. The van der Waals surface area contributed by atoms with Gasteiger partial charge < -0.3 is 4.74 Å². The van der Waals surface area contributed by atoms with E-state index in [1.54, 1.807) is 12.1 Å². The zero-order valence-corrected chi connectivity index (χ0v) is 12.4. The predicted molar refractivity (Wildman–Crippen MR) is 84.6 cm³/mol. The topological polar surface area (TPSA) is 55.0 Å². The maximum absolute atomic E-state index is 12.0. The minimum absolute atomic E-state index is 0.117. The maximum atomic E-state index is 12.0. The molecule has 1 heterocycles. The number of carbonyl (C=O) groups excluding carboxylic acids is 1. The van der Waals surface area contributed by atoms with Crippen molar-refractivity contribution < 1.29 is 9.53 Å². The van der Waals surface area contributed by atoms with E-state index in [0.717, 1.165) is 16.8 Å². The van der Waals surface area contributed by atoms with Crippen LogP contribution >= 0.6 is 11.6 Å². The highest BCUT2D eigenvalue weighted by Gasteiger charge is 2.13. The summed E-state index contributed by atoms with van der Waals surface area (Å²) in [7, 11) is 0. The van der Waals surface area contributed by atoms with Crippen LogP contribution in [0.25, 0.3) is 11.3 Å². The molecule has 0 unspecified atom stereocenters. The Morgan fingerprint density at radius 2 is 1.82 bits per heavy atom. The third-order valence-corrected chi connectivity index (χ3v) is 3.56. The second kappa shape index (κ2) is 6.45. The van der Waals surface area contributed by atoms with Gasteiger partial charge in [-0.15, -0.1) is 0 Å². The second-order valence-electron chi connectivity index (χ2n) is 4.70. The Hall–Kier alpha value is -2.59. The van der Waals surface area contributed by atoms with Gasteiger partial charge in [0.25, 0.3) is 0 Å². The van der Waals surface area contributed by atoms with Gasteiger partial charge in [0.15, 0.2) is 5.69 Å². The highest BCUT2D eigenvalue weighted by atomic mass is 35.5. The summed E-state index contributed by atoms with van der Waals surface area (Å²) in [5, 5.41) is 7.40. The Morgan fingerprint density at radius 1 is 1.09 bits per heavy atom. The van der Waals surface area contributed by atoms with Crippen molar-refractivity contribution in [3.05, 3.63) is 76.9 Å². The fraction of sp³-hybridized carbons (Fsp3) is 0.0588. The molecule has 1 N–H and O–H groups in total. The molecule has 4 nitrogen and oxygen atoms in total. The van der Waals surface area contributed by atoms with Crippen LogP contribution < -0.4 is 0 Å². The van der Waals surface area contributed by atoms with Crippen molar-refractivity contribution in [1.29, 1.82) is 0 Å². The third kappa shape index (κ3) is 3.18. The van der Waals surface area contributed by atoms with Gasteiger partial charge in [-0.25, -0.2) is 4.79 Å². The molecule has 0 aliphatic heterocycles. The third-order valence-electron chi connectivity index (χ3n) is 3.19. The van der Waals surface area contributed by atoms with Gasteiger partial charge in [0, 0.05) is 10.6 Å². The zero-order chi connectivity index (χ0) is 15.4. The number of benzene rings is 2. The van der Waals surface area contributed by atoms with Gasteiger partial charge in [-0.05, 0) is 17.7 Å².